The molecule has 2 heterocycles. The van der Waals surface area contributed by atoms with Crippen LogP contribution in [0, 0.1) is 25.2 Å². The lowest BCUT2D eigenvalue weighted by Gasteiger charge is -2.20. The summed E-state index contributed by atoms with van der Waals surface area (Å²) in [6, 6.07) is 57.4. The van der Waals surface area contributed by atoms with Crippen molar-refractivity contribution in [3.05, 3.63) is 192 Å². The number of para-hydroxylation sites is 2. The van der Waals surface area contributed by atoms with Gasteiger partial charge in [-0.2, -0.15) is 18.4 Å². The highest BCUT2D eigenvalue weighted by Gasteiger charge is 2.31. The smallest absolute Gasteiger partial charge is 0.307 e. The van der Waals surface area contributed by atoms with Gasteiger partial charge in [-0.1, -0.05) is 121 Å². The summed E-state index contributed by atoms with van der Waals surface area (Å²) in [5, 5.41) is 15.0. The van der Waals surface area contributed by atoms with Crippen LogP contribution in [0.25, 0.3) is 88.4 Å². The van der Waals surface area contributed by atoms with Gasteiger partial charge < -0.3 is 9.13 Å². The van der Waals surface area contributed by atoms with Crippen molar-refractivity contribution in [2.75, 3.05) is 0 Å². The van der Waals surface area contributed by atoms with Gasteiger partial charge in [-0.3, -0.25) is 0 Å². The number of nitriles is 1. The molecule has 58 heavy (non-hydrogen) atoms. The first-order chi connectivity index (χ1) is 28.2. The maximum atomic E-state index is 14.2. The van der Waals surface area contributed by atoms with Gasteiger partial charge in [-0.25, -0.2) is 0 Å². The van der Waals surface area contributed by atoms with Crippen molar-refractivity contribution in [3.8, 4) is 50.8 Å². The fraction of sp³-hybridized carbons (Fsp3) is 0.0577. The van der Waals surface area contributed by atoms with Crippen molar-refractivity contribution in [3.63, 3.8) is 0 Å². The van der Waals surface area contributed by atoms with E-state index in [1.807, 2.05) is 60.7 Å². The number of rotatable bonds is 5. The Bertz CT molecular complexity index is 3320. The number of hydrogen-bond acceptors (Lipinski definition) is 1. The first-order valence-electron chi connectivity index (χ1n) is 19.1. The number of aryl methyl sites for hydroxylation is 2. The minimum absolute atomic E-state index is 0.264. The average Bonchev–Trinajstić information content (AvgIpc) is 3.75. The van der Waals surface area contributed by atoms with Crippen LogP contribution in [-0.2, 0) is 6.18 Å². The summed E-state index contributed by atoms with van der Waals surface area (Å²) in [5.74, 6) is 0. The molecule has 0 atom stereocenters. The van der Waals surface area contributed by atoms with Gasteiger partial charge in [0.2, 0.25) is 0 Å². The van der Waals surface area contributed by atoms with Crippen molar-refractivity contribution in [1.29, 1.82) is 5.26 Å². The fourth-order valence-electron chi connectivity index (χ4n) is 8.72. The number of aromatic nitrogens is 2. The van der Waals surface area contributed by atoms with Gasteiger partial charge in [-0.15, -0.1) is 0 Å². The fourth-order valence-corrected chi connectivity index (χ4v) is 8.72. The molecule has 0 spiro atoms. The molecule has 3 nitrogen and oxygen atoms in total. The van der Waals surface area contributed by atoms with Crippen LogP contribution in [0.2, 0.25) is 0 Å². The molecule has 0 aliphatic heterocycles. The third-order valence-electron chi connectivity index (χ3n) is 11.5. The minimum atomic E-state index is -4.55. The Morgan fingerprint density at radius 2 is 0.897 bits per heavy atom. The van der Waals surface area contributed by atoms with Gasteiger partial charge in [0.25, 0.3) is 0 Å². The van der Waals surface area contributed by atoms with E-state index in [9.17, 15) is 18.4 Å². The zero-order valence-electron chi connectivity index (χ0n) is 31.6. The number of halogens is 3. The van der Waals surface area contributed by atoms with Gasteiger partial charge in [0.15, 0.2) is 0 Å². The maximum Gasteiger partial charge on any atom is 0.416 e. The molecule has 6 heteroatoms. The van der Waals surface area contributed by atoms with Crippen LogP contribution in [0.3, 0.4) is 0 Å². The molecular formula is C52H34F3N3. The van der Waals surface area contributed by atoms with Crippen LogP contribution in [0.5, 0.6) is 0 Å². The summed E-state index contributed by atoms with van der Waals surface area (Å²) < 4.78 is 47.0. The standard InChI is InChI=1S/C52H34F3N3/c1-32-12-3-5-16-39(32)35-22-24-43-41-18-7-9-20-46(41)57(48(43)27-35)50-29-37(31-56)45(34-14-11-15-38(26-34)52(53,54)55)30-51(50)58-47-21-10-8-19-42(47)44-25-23-36(28-49(44)58)40-17-6-4-13-33(40)2/h3-30H,1-2H3. The maximum absolute atomic E-state index is 14.2. The molecule has 0 fully saturated rings. The number of fused-ring (bicyclic) bond motifs is 6. The normalized spacial score (nSPS) is 11.9. The van der Waals surface area contributed by atoms with Gasteiger partial charge in [0.1, 0.15) is 0 Å². The first-order valence-corrected chi connectivity index (χ1v) is 19.1. The lowest BCUT2D eigenvalue weighted by atomic mass is 9.96. The topological polar surface area (TPSA) is 33.6 Å². The second kappa shape index (κ2) is 13.4. The molecule has 0 saturated carbocycles. The summed E-state index contributed by atoms with van der Waals surface area (Å²) in [5.41, 5.74) is 12.0. The molecule has 0 saturated heterocycles. The van der Waals surface area contributed by atoms with E-state index in [1.54, 1.807) is 6.07 Å². The monoisotopic (exact) mass is 757 g/mol. The summed E-state index contributed by atoms with van der Waals surface area (Å²) in [6.45, 7) is 4.20. The Hall–Kier alpha value is -7.36. The van der Waals surface area contributed by atoms with E-state index < -0.39 is 11.7 Å². The van der Waals surface area contributed by atoms with Gasteiger partial charge in [0, 0.05) is 27.1 Å². The molecule has 10 aromatic rings. The highest BCUT2D eigenvalue weighted by Crippen LogP contribution is 2.43. The van der Waals surface area contributed by atoms with E-state index >= 15 is 0 Å². The van der Waals surface area contributed by atoms with E-state index in [2.05, 4.69) is 114 Å². The Morgan fingerprint density at radius 1 is 0.431 bits per heavy atom. The summed E-state index contributed by atoms with van der Waals surface area (Å²) in [6.07, 6.45) is -4.55. The Kier molecular flexibility index (Phi) is 8.10. The Labute approximate surface area is 333 Å². The third-order valence-corrected chi connectivity index (χ3v) is 11.5. The molecule has 0 aliphatic carbocycles. The highest BCUT2D eigenvalue weighted by molar-refractivity contribution is 6.13. The molecule has 0 aliphatic rings. The van der Waals surface area contributed by atoms with Crippen molar-refractivity contribution in [2.45, 2.75) is 20.0 Å². The minimum Gasteiger partial charge on any atom is -0.307 e. The van der Waals surface area contributed by atoms with Crippen molar-refractivity contribution < 1.29 is 13.2 Å². The molecule has 8 aromatic carbocycles. The molecule has 0 radical (unpaired) electrons. The van der Waals surface area contributed by atoms with E-state index in [-0.39, 0.29) is 5.56 Å². The van der Waals surface area contributed by atoms with Crippen LogP contribution in [-0.4, -0.2) is 9.13 Å². The van der Waals surface area contributed by atoms with Gasteiger partial charge in [0.05, 0.1) is 50.6 Å². The lowest BCUT2D eigenvalue weighted by molar-refractivity contribution is -0.137. The van der Waals surface area contributed by atoms with Crippen LogP contribution >= 0.6 is 0 Å². The van der Waals surface area contributed by atoms with Crippen LogP contribution in [0.1, 0.15) is 22.3 Å². The molecule has 0 bridgehead atoms. The predicted molar refractivity (Wildman–Crippen MR) is 231 cm³/mol. The van der Waals surface area contributed by atoms with Crippen molar-refractivity contribution >= 4 is 43.6 Å². The van der Waals surface area contributed by atoms with Gasteiger partial charge in [-0.05, 0) is 101 Å². The highest BCUT2D eigenvalue weighted by atomic mass is 19.4. The second-order valence-corrected chi connectivity index (χ2v) is 14.9. The zero-order valence-corrected chi connectivity index (χ0v) is 31.6. The SMILES string of the molecule is Cc1ccccc1-c1ccc2c3ccccc3n(-c3cc(C#N)c(-c4cccc(C(F)(F)F)c4)cc3-n3c4ccccc4c4ccc(-c5ccccc5C)cc43)c2c1. The van der Waals surface area contributed by atoms with E-state index in [4.69, 9.17) is 0 Å². The Morgan fingerprint density at radius 3 is 1.41 bits per heavy atom. The van der Waals surface area contributed by atoms with Crippen molar-refractivity contribution in [1.82, 2.24) is 9.13 Å². The summed E-state index contributed by atoms with van der Waals surface area (Å²) in [4.78, 5) is 0. The summed E-state index contributed by atoms with van der Waals surface area (Å²) >= 11 is 0. The lowest BCUT2D eigenvalue weighted by Crippen LogP contribution is -2.07. The number of hydrogen-bond donors (Lipinski definition) is 0. The molecule has 10 rings (SSSR count). The van der Waals surface area contributed by atoms with E-state index in [1.165, 1.54) is 6.07 Å². The van der Waals surface area contributed by atoms with Crippen LogP contribution in [0.4, 0.5) is 13.2 Å². The van der Waals surface area contributed by atoms with Crippen molar-refractivity contribution in [2.24, 2.45) is 0 Å². The molecule has 0 amide bonds. The quantitative estimate of drug-likeness (QED) is 0.172. The molecule has 2 aromatic heterocycles. The molecule has 0 N–H and O–H groups in total. The number of nitrogens with zero attached hydrogens (tertiary/aromatic N) is 3. The van der Waals surface area contributed by atoms with E-state index in [0.29, 0.717) is 11.1 Å². The molecule has 278 valence electrons. The second-order valence-electron chi connectivity index (χ2n) is 14.9. The molecular weight excluding hydrogens is 724 g/mol. The zero-order chi connectivity index (χ0) is 39.7. The number of benzene rings is 8. The average molecular weight is 758 g/mol. The predicted octanol–water partition coefficient (Wildman–Crippen LogP) is 14.4. The van der Waals surface area contributed by atoms with Crippen LogP contribution in [0.15, 0.2) is 170 Å². The largest absolute Gasteiger partial charge is 0.416 e. The Balaban J connectivity index is 1.37. The summed E-state index contributed by atoms with van der Waals surface area (Å²) in [7, 11) is 0. The first kappa shape index (κ1) is 35.1. The van der Waals surface area contributed by atoms with Gasteiger partial charge >= 0.3 is 6.18 Å². The van der Waals surface area contributed by atoms with Crippen LogP contribution < -0.4 is 0 Å². The number of alkyl halides is 3. The van der Waals surface area contributed by atoms with E-state index in [0.717, 1.165) is 100 Å². The molecule has 0 unspecified atom stereocenters. The third kappa shape index (κ3) is 5.58.